The molecule has 7 heteroatoms. The van der Waals surface area contributed by atoms with E-state index < -0.39 is 17.2 Å². The van der Waals surface area contributed by atoms with Gasteiger partial charge in [0.25, 0.3) is 0 Å². The summed E-state index contributed by atoms with van der Waals surface area (Å²) in [6, 6.07) is 0. The van der Waals surface area contributed by atoms with Crippen molar-refractivity contribution in [3.63, 3.8) is 0 Å². The van der Waals surface area contributed by atoms with Crippen molar-refractivity contribution in [2.45, 2.75) is 73.0 Å². The molecule has 0 saturated carbocycles. The number of nitrogens with zero attached hydrogens (tertiary/aromatic N) is 1. The predicted molar refractivity (Wildman–Crippen MR) is 112 cm³/mol. The third-order valence-electron chi connectivity index (χ3n) is 2.93. The van der Waals surface area contributed by atoms with E-state index in [1.807, 2.05) is 34.6 Å². The zero-order valence-electron chi connectivity index (χ0n) is 16.8. The standard InChI is InChI=1S/C17H36N4O2.HI/c1-15(2,3)10-11-19-13(18-9)20-12-17(7,8)21-14(22)23-16(4,5)6;/h10-12H2,1-9H3,(H,21,22)(H2,18,19,20);1H. The highest BCUT2D eigenvalue weighted by Gasteiger charge is 2.24. The molecule has 0 bridgehead atoms. The molecule has 0 rings (SSSR count). The van der Waals surface area contributed by atoms with Crippen LogP contribution in [0.3, 0.4) is 0 Å². The molecule has 144 valence electrons. The zero-order chi connectivity index (χ0) is 18.3. The van der Waals surface area contributed by atoms with Gasteiger partial charge < -0.3 is 20.7 Å². The Morgan fingerprint density at radius 3 is 1.96 bits per heavy atom. The largest absolute Gasteiger partial charge is 0.444 e. The first-order valence-corrected chi connectivity index (χ1v) is 8.20. The molecule has 6 nitrogen and oxygen atoms in total. The SMILES string of the molecule is CN=C(NCCC(C)(C)C)NCC(C)(C)NC(=O)OC(C)(C)C.I. The molecular formula is C17H37IN4O2. The number of halogens is 1. The van der Waals surface area contributed by atoms with Crippen LogP contribution in [0, 0.1) is 5.41 Å². The van der Waals surface area contributed by atoms with Crippen LogP contribution in [-0.2, 0) is 4.74 Å². The molecule has 0 unspecified atom stereocenters. The van der Waals surface area contributed by atoms with Gasteiger partial charge in [-0.3, -0.25) is 4.99 Å². The van der Waals surface area contributed by atoms with Crippen LogP contribution in [0.4, 0.5) is 4.79 Å². The fraction of sp³-hybridized carbons (Fsp3) is 0.882. The normalized spacial score (nSPS) is 13.0. The first kappa shape index (κ1) is 25.5. The van der Waals surface area contributed by atoms with Crippen molar-refractivity contribution in [1.29, 1.82) is 0 Å². The molecule has 0 aliphatic heterocycles. The number of hydrogen-bond donors (Lipinski definition) is 3. The molecule has 0 aromatic heterocycles. The highest BCUT2D eigenvalue weighted by atomic mass is 127. The maximum Gasteiger partial charge on any atom is 0.408 e. The van der Waals surface area contributed by atoms with Crippen molar-refractivity contribution in [2.75, 3.05) is 20.1 Å². The van der Waals surface area contributed by atoms with Gasteiger partial charge in [0.15, 0.2) is 5.96 Å². The van der Waals surface area contributed by atoms with Crippen LogP contribution in [0.25, 0.3) is 0 Å². The second-order valence-electron chi connectivity index (χ2n) is 8.67. The van der Waals surface area contributed by atoms with Crippen LogP contribution in [0.2, 0.25) is 0 Å². The Labute approximate surface area is 165 Å². The molecule has 3 N–H and O–H groups in total. The van der Waals surface area contributed by atoms with E-state index in [-0.39, 0.29) is 29.4 Å². The van der Waals surface area contributed by atoms with Gasteiger partial charge >= 0.3 is 6.09 Å². The summed E-state index contributed by atoms with van der Waals surface area (Å²) in [5.41, 5.74) is -0.675. The van der Waals surface area contributed by atoms with Gasteiger partial charge in [0.2, 0.25) is 0 Å². The van der Waals surface area contributed by atoms with Crippen LogP contribution < -0.4 is 16.0 Å². The lowest BCUT2D eigenvalue weighted by Gasteiger charge is -2.29. The molecule has 0 aliphatic rings. The van der Waals surface area contributed by atoms with E-state index in [0.717, 1.165) is 18.9 Å². The van der Waals surface area contributed by atoms with Gasteiger partial charge in [-0.25, -0.2) is 4.79 Å². The van der Waals surface area contributed by atoms with Gasteiger partial charge in [-0.2, -0.15) is 0 Å². The predicted octanol–water partition coefficient (Wildman–Crippen LogP) is 3.51. The number of rotatable bonds is 5. The second kappa shape index (κ2) is 10.3. The van der Waals surface area contributed by atoms with Gasteiger partial charge in [0.05, 0.1) is 5.54 Å². The molecule has 0 aromatic rings. The average molecular weight is 456 g/mol. The van der Waals surface area contributed by atoms with E-state index in [1.165, 1.54) is 0 Å². The Bertz CT molecular complexity index is 410. The molecular weight excluding hydrogens is 419 g/mol. The van der Waals surface area contributed by atoms with E-state index in [0.29, 0.717) is 6.54 Å². The molecule has 1 amide bonds. The van der Waals surface area contributed by atoms with Gasteiger partial charge in [0.1, 0.15) is 5.60 Å². The number of nitrogens with one attached hydrogen (secondary N) is 3. The topological polar surface area (TPSA) is 74.8 Å². The molecule has 0 spiro atoms. The Morgan fingerprint density at radius 2 is 1.54 bits per heavy atom. The summed E-state index contributed by atoms with van der Waals surface area (Å²) in [4.78, 5) is 16.1. The van der Waals surface area contributed by atoms with Crippen LogP contribution >= 0.6 is 24.0 Å². The minimum atomic E-state index is -0.502. The van der Waals surface area contributed by atoms with Crippen molar-refractivity contribution in [1.82, 2.24) is 16.0 Å². The summed E-state index contributed by atoms with van der Waals surface area (Å²) in [7, 11) is 1.74. The summed E-state index contributed by atoms with van der Waals surface area (Å²) in [5.74, 6) is 0.730. The number of ether oxygens (including phenoxy) is 1. The first-order valence-electron chi connectivity index (χ1n) is 8.20. The molecule has 0 radical (unpaired) electrons. The lowest BCUT2D eigenvalue weighted by Crippen LogP contribution is -2.54. The molecule has 0 heterocycles. The van der Waals surface area contributed by atoms with Gasteiger partial charge in [-0.15, -0.1) is 24.0 Å². The number of carbonyl (C=O) groups excluding carboxylic acids is 1. The fourth-order valence-electron chi connectivity index (χ4n) is 1.71. The molecule has 24 heavy (non-hydrogen) atoms. The number of guanidine groups is 1. The maximum absolute atomic E-state index is 11.9. The molecule has 0 atom stereocenters. The van der Waals surface area contributed by atoms with E-state index in [4.69, 9.17) is 4.74 Å². The Balaban J connectivity index is 0. The molecule has 0 saturated heterocycles. The number of amides is 1. The number of hydrogen-bond acceptors (Lipinski definition) is 3. The van der Waals surface area contributed by atoms with Crippen molar-refractivity contribution in [3.8, 4) is 0 Å². The van der Waals surface area contributed by atoms with E-state index >= 15 is 0 Å². The first-order chi connectivity index (χ1) is 10.2. The molecule has 0 aliphatic carbocycles. The fourth-order valence-corrected chi connectivity index (χ4v) is 1.71. The van der Waals surface area contributed by atoms with Crippen LogP contribution in [0.1, 0.15) is 61.8 Å². The van der Waals surface area contributed by atoms with Gasteiger partial charge in [0, 0.05) is 20.1 Å². The van der Waals surface area contributed by atoms with Crippen molar-refractivity contribution in [3.05, 3.63) is 0 Å². The monoisotopic (exact) mass is 456 g/mol. The van der Waals surface area contributed by atoms with Crippen LogP contribution in [0.5, 0.6) is 0 Å². The maximum atomic E-state index is 11.9. The zero-order valence-corrected chi connectivity index (χ0v) is 19.1. The third-order valence-corrected chi connectivity index (χ3v) is 2.93. The van der Waals surface area contributed by atoms with E-state index in [9.17, 15) is 4.79 Å². The summed E-state index contributed by atoms with van der Waals surface area (Å²) >= 11 is 0. The lowest BCUT2D eigenvalue weighted by molar-refractivity contribution is 0.0474. The molecule has 0 fully saturated rings. The average Bonchev–Trinajstić information content (AvgIpc) is 2.28. The minimum Gasteiger partial charge on any atom is -0.444 e. The van der Waals surface area contributed by atoms with Gasteiger partial charge in [-0.1, -0.05) is 20.8 Å². The Morgan fingerprint density at radius 1 is 1.00 bits per heavy atom. The van der Waals surface area contributed by atoms with E-state index in [1.54, 1.807) is 7.05 Å². The summed E-state index contributed by atoms with van der Waals surface area (Å²) in [6.07, 6.45) is 0.632. The Hall–Kier alpha value is -0.730. The lowest BCUT2D eigenvalue weighted by atomic mass is 9.92. The quantitative estimate of drug-likeness (QED) is 0.336. The summed E-state index contributed by atoms with van der Waals surface area (Å²) in [6.45, 7) is 17.4. The molecule has 0 aromatic carbocycles. The number of aliphatic imine (C=N–C) groups is 1. The highest BCUT2D eigenvalue weighted by Crippen LogP contribution is 2.16. The minimum absolute atomic E-state index is 0. The summed E-state index contributed by atoms with van der Waals surface area (Å²) in [5, 5.41) is 9.38. The van der Waals surface area contributed by atoms with Crippen molar-refractivity contribution in [2.24, 2.45) is 10.4 Å². The number of alkyl carbamates (subject to hydrolysis) is 1. The van der Waals surface area contributed by atoms with Gasteiger partial charge in [-0.05, 0) is 46.5 Å². The van der Waals surface area contributed by atoms with E-state index in [2.05, 4.69) is 41.7 Å². The Kier molecular flexibility index (Phi) is 11.0. The van der Waals surface area contributed by atoms with Crippen molar-refractivity contribution < 1.29 is 9.53 Å². The second-order valence-corrected chi connectivity index (χ2v) is 8.67. The smallest absolute Gasteiger partial charge is 0.408 e. The van der Waals surface area contributed by atoms with Crippen LogP contribution in [-0.4, -0.2) is 43.3 Å². The third kappa shape index (κ3) is 14.8. The van der Waals surface area contributed by atoms with Crippen molar-refractivity contribution >= 4 is 36.0 Å². The highest BCUT2D eigenvalue weighted by molar-refractivity contribution is 14.0. The summed E-state index contributed by atoms with van der Waals surface area (Å²) < 4.78 is 5.29. The number of carbonyl (C=O) groups is 1. The van der Waals surface area contributed by atoms with Crippen LogP contribution in [0.15, 0.2) is 4.99 Å².